The fourth-order valence-corrected chi connectivity index (χ4v) is 9.58. The molecule has 9 N–H and O–H groups in total. The number of nitrogens with one attached hydrogen (secondary N) is 9. The number of terminal acetylenes is 1. The summed E-state index contributed by atoms with van der Waals surface area (Å²) in [6.07, 6.45) is 8.53. The maximum atomic E-state index is 15.1. The van der Waals surface area contributed by atoms with Crippen molar-refractivity contribution in [3.63, 3.8) is 0 Å². The molecule has 0 saturated carbocycles. The van der Waals surface area contributed by atoms with Crippen LogP contribution in [-0.4, -0.2) is 148 Å². The number of alkyl carbamates (subject to hydrolysis) is 1. The van der Waals surface area contributed by atoms with Crippen molar-refractivity contribution >= 4 is 81.4 Å². The lowest BCUT2D eigenvalue weighted by atomic mass is 10.0. The summed E-state index contributed by atoms with van der Waals surface area (Å²) in [6, 6.07) is 12.9. The average molecular weight is 1260 g/mol. The normalized spacial score (nSPS) is 13.9. The monoisotopic (exact) mass is 1260 g/mol. The van der Waals surface area contributed by atoms with Crippen molar-refractivity contribution in [3.05, 3.63) is 121 Å². The van der Waals surface area contributed by atoms with Crippen molar-refractivity contribution in [1.29, 1.82) is 0 Å². The minimum atomic E-state index is -1.57. The molecule has 24 heteroatoms. The van der Waals surface area contributed by atoms with E-state index in [9.17, 15) is 43.2 Å². The molecule has 0 aliphatic carbocycles. The second-order valence-corrected chi connectivity index (χ2v) is 25.1. The van der Waals surface area contributed by atoms with Crippen LogP contribution in [0.4, 0.5) is 14.4 Å². The fraction of sp³-hybridized carbons (Fsp3) is 0.463. The first-order valence-corrected chi connectivity index (χ1v) is 30.3. The van der Waals surface area contributed by atoms with E-state index < -0.39 is 119 Å². The van der Waals surface area contributed by atoms with Crippen LogP contribution in [0.2, 0.25) is 0 Å². The Hall–Kier alpha value is -9.50. The molecule has 3 aromatic carbocycles. The van der Waals surface area contributed by atoms with Gasteiger partial charge in [0, 0.05) is 62.4 Å². The lowest BCUT2D eigenvalue weighted by molar-refractivity contribution is -0.135. The van der Waals surface area contributed by atoms with E-state index in [1.54, 1.807) is 147 Å². The number of rotatable bonds is 28. The maximum absolute atomic E-state index is 15.1. The molecule has 7 atom stereocenters. The number of para-hydroxylation sites is 2. The second-order valence-electron chi connectivity index (χ2n) is 25.1. The van der Waals surface area contributed by atoms with Crippen molar-refractivity contribution in [2.45, 2.75) is 180 Å². The minimum absolute atomic E-state index is 0.0488. The first-order chi connectivity index (χ1) is 42.8. The predicted molar refractivity (Wildman–Crippen MR) is 345 cm³/mol. The zero-order chi connectivity index (χ0) is 67.4. The molecule has 0 saturated heterocycles. The van der Waals surface area contributed by atoms with Gasteiger partial charge >= 0.3 is 18.3 Å². The Labute approximate surface area is 531 Å². The number of nitrogens with zero attached hydrogens (tertiary/aromatic N) is 2. The molecule has 91 heavy (non-hydrogen) atoms. The lowest BCUT2D eigenvalue weighted by Gasteiger charge is -2.27. The Morgan fingerprint density at radius 1 is 0.516 bits per heavy atom. The highest BCUT2D eigenvalue weighted by Crippen LogP contribution is 2.27. The Morgan fingerprint density at radius 2 is 0.934 bits per heavy atom. The Kier molecular flexibility index (Phi) is 26.1. The highest BCUT2D eigenvalue weighted by Gasteiger charge is 2.35. The zero-order valence-corrected chi connectivity index (χ0v) is 54.1. The molecular formula is C67H89N11O13. The first-order valence-electron chi connectivity index (χ1n) is 30.3. The number of carbonyl (C=O) groups excluding carboxylic acids is 10. The molecule has 24 nitrogen and oxygen atoms in total. The van der Waals surface area contributed by atoms with Gasteiger partial charge in [0.05, 0.1) is 11.0 Å². The molecule has 5 rings (SSSR count). The van der Waals surface area contributed by atoms with Gasteiger partial charge in [-0.2, -0.15) is 0 Å². The number of aromatic nitrogens is 2. The molecular weight excluding hydrogens is 1170 g/mol. The third kappa shape index (κ3) is 22.5. The Bertz CT molecular complexity index is 3460. The molecule has 0 fully saturated rings. The van der Waals surface area contributed by atoms with Crippen LogP contribution in [0.25, 0.3) is 21.8 Å². The van der Waals surface area contributed by atoms with Gasteiger partial charge < -0.3 is 62.1 Å². The number of ether oxygens (including phenoxy) is 3. The number of unbranched alkanes of at least 4 members (excludes halogenated alkanes) is 1. The number of hydrogen-bond donors (Lipinski definition) is 9. The van der Waals surface area contributed by atoms with Crippen LogP contribution in [0.15, 0.2) is 104 Å². The average Bonchev–Trinajstić information content (AvgIpc) is 1.68. The van der Waals surface area contributed by atoms with Gasteiger partial charge in [-0.1, -0.05) is 72.8 Å². The summed E-state index contributed by atoms with van der Waals surface area (Å²) in [4.78, 5) is 141. The molecule has 0 radical (unpaired) electrons. The van der Waals surface area contributed by atoms with E-state index in [0.29, 0.717) is 64.4 Å². The van der Waals surface area contributed by atoms with E-state index in [0.717, 1.165) is 0 Å². The topological polar surface area (TPSA) is 317 Å². The standard InChI is InChI=1S/C67H89N11O13/c1-15-26-48(72-56(80)42(4)71-62(86)89-65(5,6)7)58(82)76-51(37-44-39-77(63(87)90-66(8,9)10)53-32-22-20-29-46(44)53)59(83)70-41(3)55(79)74-52(38-45-40-78(64(88)91-67(11,12)13)54-33-23-21-30-47(45)54)61(85)75-50(36-43-27-18-17-19-28-43)60(84)73-49(57(81)68-14)31-24-25-35-69-34-16-2/h1,16-23,27-30,32-33,39-42,48-52,69H,2,24-26,31,34-38H2,3-14H3,(H,68,81)(H,70,83)(H,71,86)(H,72,80)(H,73,84)(H,74,79)(H,75,85)(H,76,82)/t41-,42-,48-,49-,50+,51+,52-/m0/s1. The number of likely N-dealkylation sites (N-methyl/N-ethyl adjacent to an activating group) is 1. The van der Waals surface area contributed by atoms with E-state index in [2.05, 4.69) is 60.4 Å². The van der Waals surface area contributed by atoms with E-state index >= 15 is 4.79 Å². The van der Waals surface area contributed by atoms with E-state index in [1.807, 2.05) is 0 Å². The SMILES string of the molecule is C#CC[C@H](NC(=O)[C@H](C)NC(=O)OC(C)(C)C)C(=O)N[C@H](Cc1cn(C(=O)OC(C)(C)C)c2ccccc12)C(=O)N[C@@H](C)C(=O)N[C@@H](Cc1cn(C(=O)OC(C)(C)C)c2ccccc12)C(=O)N[C@H](Cc1ccccc1)C(=O)N[C@@H](CCCCNCC=C)C(=O)NC. The third-order valence-corrected chi connectivity index (χ3v) is 13.9. The highest BCUT2D eigenvalue weighted by atomic mass is 16.6. The molecule has 0 aliphatic rings. The molecule has 0 spiro atoms. The summed E-state index contributed by atoms with van der Waals surface area (Å²) in [5.74, 6) is -3.24. The van der Waals surface area contributed by atoms with Crippen LogP contribution in [0.3, 0.4) is 0 Å². The minimum Gasteiger partial charge on any atom is -0.444 e. The van der Waals surface area contributed by atoms with Gasteiger partial charge in [0.25, 0.3) is 0 Å². The van der Waals surface area contributed by atoms with Crippen LogP contribution in [0.5, 0.6) is 0 Å². The summed E-state index contributed by atoms with van der Waals surface area (Å²) in [7, 11) is 1.45. The molecule has 0 bridgehead atoms. The van der Waals surface area contributed by atoms with Gasteiger partial charge in [0.1, 0.15) is 59.1 Å². The van der Waals surface area contributed by atoms with Gasteiger partial charge in [-0.05, 0) is 131 Å². The smallest absolute Gasteiger partial charge is 0.419 e. The van der Waals surface area contributed by atoms with Crippen LogP contribution in [-0.2, 0) is 67.0 Å². The molecule has 8 amide bonds. The predicted octanol–water partition coefficient (Wildman–Crippen LogP) is 5.75. The number of carbonyl (C=O) groups is 10. The summed E-state index contributed by atoms with van der Waals surface area (Å²) >= 11 is 0. The molecule has 490 valence electrons. The highest BCUT2D eigenvalue weighted by molar-refractivity contribution is 5.99. The fourth-order valence-electron chi connectivity index (χ4n) is 9.58. The van der Waals surface area contributed by atoms with Gasteiger partial charge in [0.2, 0.25) is 41.4 Å². The largest absolute Gasteiger partial charge is 0.444 e. The Morgan fingerprint density at radius 3 is 1.41 bits per heavy atom. The van der Waals surface area contributed by atoms with Crippen LogP contribution >= 0.6 is 0 Å². The van der Waals surface area contributed by atoms with E-state index in [1.165, 1.54) is 42.4 Å². The van der Waals surface area contributed by atoms with Gasteiger partial charge in [0.15, 0.2) is 0 Å². The molecule has 2 aromatic heterocycles. The van der Waals surface area contributed by atoms with Crippen molar-refractivity contribution in [1.82, 2.24) is 57.0 Å². The first kappa shape index (κ1) is 72.2. The number of hydrogen-bond acceptors (Lipinski definition) is 14. The molecule has 5 aromatic rings. The van der Waals surface area contributed by atoms with E-state index in [4.69, 9.17) is 20.6 Å². The van der Waals surface area contributed by atoms with Crippen molar-refractivity contribution in [3.8, 4) is 12.3 Å². The maximum Gasteiger partial charge on any atom is 0.419 e. The zero-order valence-electron chi connectivity index (χ0n) is 54.1. The number of amides is 8. The quantitative estimate of drug-likeness (QED) is 0.0125. The van der Waals surface area contributed by atoms with Gasteiger partial charge in [-0.15, -0.1) is 18.9 Å². The van der Waals surface area contributed by atoms with Crippen molar-refractivity contribution < 1.29 is 62.2 Å². The van der Waals surface area contributed by atoms with E-state index in [-0.39, 0.29) is 32.1 Å². The summed E-state index contributed by atoms with van der Waals surface area (Å²) in [5.41, 5.74) is -0.418. The van der Waals surface area contributed by atoms with Crippen molar-refractivity contribution in [2.24, 2.45) is 0 Å². The molecule has 2 heterocycles. The summed E-state index contributed by atoms with van der Waals surface area (Å²) in [5, 5.41) is 25.6. The van der Waals surface area contributed by atoms with Gasteiger partial charge in [-0.25, -0.2) is 14.4 Å². The van der Waals surface area contributed by atoms with Gasteiger partial charge in [-0.3, -0.25) is 42.7 Å². The molecule has 0 aliphatic heterocycles. The van der Waals surface area contributed by atoms with Crippen LogP contribution in [0, 0.1) is 12.3 Å². The summed E-state index contributed by atoms with van der Waals surface area (Å²) < 4.78 is 19.3. The van der Waals surface area contributed by atoms with Crippen molar-refractivity contribution in [2.75, 3.05) is 20.1 Å². The summed E-state index contributed by atoms with van der Waals surface area (Å²) in [6.45, 7) is 22.8. The lowest BCUT2D eigenvalue weighted by Crippen LogP contribution is -2.60. The third-order valence-electron chi connectivity index (χ3n) is 13.9. The van der Waals surface area contributed by atoms with Crippen LogP contribution in [0.1, 0.15) is 119 Å². The molecule has 0 unspecified atom stereocenters. The Balaban J connectivity index is 1.53. The second kappa shape index (κ2) is 32.8. The number of fused-ring (bicyclic) bond motifs is 2. The number of benzene rings is 3. The van der Waals surface area contributed by atoms with Crippen LogP contribution < -0.4 is 47.9 Å².